The van der Waals surface area contributed by atoms with E-state index in [9.17, 15) is 9.46 Å². The molecule has 1 atom stereocenters. The van der Waals surface area contributed by atoms with Crippen molar-refractivity contribution in [2.75, 3.05) is 0 Å². The van der Waals surface area contributed by atoms with Crippen LogP contribution in [0.2, 0.25) is 0 Å². The van der Waals surface area contributed by atoms with Gasteiger partial charge in [0.2, 0.25) is 0 Å². The first-order valence-corrected chi connectivity index (χ1v) is 8.15. The highest BCUT2D eigenvalue weighted by Crippen LogP contribution is 2.12. The summed E-state index contributed by atoms with van der Waals surface area (Å²) in [6, 6.07) is 7.25. The van der Waals surface area contributed by atoms with Crippen LogP contribution < -0.4 is 10.2 Å². The van der Waals surface area contributed by atoms with Gasteiger partial charge in [-0.05, 0) is 30.5 Å². The van der Waals surface area contributed by atoms with Crippen molar-refractivity contribution < 1.29 is 9.46 Å². The summed E-state index contributed by atoms with van der Waals surface area (Å²) >= 11 is 0. The Hall–Kier alpha value is -0.720. The van der Waals surface area contributed by atoms with E-state index in [-0.39, 0.29) is 0 Å². The summed E-state index contributed by atoms with van der Waals surface area (Å²) in [7, 11) is -2.43. The number of aryl methyl sites for hydroxylation is 1. The van der Waals surface area contributed by atoms with Gasteiger partial charge >= 0.3 is 8.03 Å². The summed E-state index contributed by atoms with van der Waals surface area (Å²) in [5.41, 5.74) is 1.24. The third-order valence-corrected chi connectivity index (χ3v) is 3.94. The topological polar surface area (TPSA) is 40.1 Å². The van der Waals surface area contributed by atoms with E-state index >= 15 is 0 Å². The highest BCUT2D eigenvalue weighted by Gasteiger charge is 2.05. The molecular formula is C15H23O2P. The summed E-state index contributed by atoms with van der Waals surface area (Å²) in [6.45, 7) is 2.24. The van der Waals surface area contributed by atoms with Crippen molar-refractivity contribution in [3.63, 3.8) is 0 Å². The smallest absolute Gasteiger partial charge is 0.348 e. The van der Waals surface area contributed by atoms with E-state index in [4.69, 9.17) is 0 Å². The molecule has 0 N–H and O–H groups in total. The molecule has 0 heterocycles. The van der Waals surface area contributed by atoms with E-state index in [0.717, 1.165) is 6.42 Å². The standard InChI is InChI=1S/C15H23O2P/c1-2-3-4-5-6-7-8-9-14-10-12-15(13-11-14)18(16)17/h10-13H,2-9H2,1H3. The number of hydrogen-bond acceptors (Lipinski definition) is 2. The van der Waals surface area contributed by atoms with Crippen LogP contribution in [0, 0.1) is 0 Å². The quantitative estimate of drug-likeness (QED) is 0.505. The van der Waals surface area contributed by atoms with Crippen LogP contribution in [0.4, 0.5) is 0 Å². The van der Waals surface area contributed by atoms with Gasteiger partial charge in [-0.15, -0.1) is 0 Å². The molecule has 1 rings (SSSR count). The zero-order valence-electron chi connectivity index (χ0n) is 11.2. The highest BCUT2D eigenvalue weighted by atomic mass is 31.1. The lowest BCUT2D eigenvalue weighted by molar-refractivity contribution is -0.160. The van der Waals surface area contributed by atoms with Gasteiger partial charge in [-0.3, -0.25) is 0 Å². The number of hydrogen-bond donors (Lipinski definition) is 0. The molecule has 1 aromatic rings. The van der Waals surface area contributed by atoms with Gasteiger partial charge in [0.25, 0.3) is 0 Å². The van der Waals surface area contributed by atoms with Crippen LogP contribution in [0.15, 0.2) is 24.3 Å². The second-order valence-electron chi connectivity index (χ2n) is 4.79. The highest BCUT2D eigenvalue weighted by molar-refractivity contribution is 7.45. The summed E-state index contributed by atoms with van der Waals surface area (Å²) in [5, 5.41) is 0.410. The van der Waals surface area contributed by atoms with Crippen LogP contribution in [0.1, 0.15) is 57.4 Å². The summed E-state index contributed by atoms with van der Waals surface area (Å²) in [5.74, 6) is 0. The molecule has 0 aliphatic rings. The van der Waals surface area contributed by atoms with Crippen LogP contribution in [0.5, 0.6) is 0 Å². The van der Waals surface area contributed by atoms with Gasteiger partial charge < -0.3 is 4.89 Å². The van der Waals surface area contributed by atoms with Crippen molar-refractivity contribution >= 4 is 13.3 Å². The molecule has 0 saturated carbocycles. The van der Waals surface area contributed by atoms with Crippen LogP contribution in [0.3, 0.4) is 0 Å². The van der Waals surface area contributed by atoms with E-state index in [2.05, 4.69) is 6.92 Å². The fraction of sp³-hybridized carbons (Fsp3) is 0.600. The van der Waals surface area contributed by atoms with Crippen molar-refractivity contribution in [2.24, 2.45) is 0 Å². The summed E-state index contributed by atoms with van der Waals surface area (Å²) in [4.78, 5) is 10.7. The Balaban J connectivity index is 2.14. The Bertz CT molecular complexity index is 346. The zero-order valence-corrected chi connectivity index (χ0v) is 12.1. The third kappa shape index (κ3) is 6.28. The van der Waals surface area contributed by atoms with Crippen LogP contribution >= 0.6 is 8.03 Å². The van der Waals surface area contributed by atoms with Crippen molar-refractivity contribution in [1.29, 1.82) is 0 Å². The van der Waals surface area contributed by atoms with Gasteiger partial charge in [0.05, 0.1) is 0 Å². The molecule has 0 spiro atoms. The van der Waals surface area contributed by atoms with E-state index < -0.39 is 8.03 Å². The second kappa shape index (κ2) is 9.24. The Morgan fingerprint density at radius 3 is 2.06 bits per heavy atom. The zero-order chi connectivity index (χ0) is 13.2. The van der Waals surface area contributed by atoms with Crippen molar-refractivity contribution in [2.45, 2.75) is 58.3 Å². The largest absolute Gasteiger partial charge is 0.591 e. The Morgan fingerprint density at radius 1 is 0.944 bits per heavy atom. The molecular weight excluding hydrogens is 243 g/mol. The SMILES string of the molecule is CCCCCCCCCc1ccc([P+](=O)[O-])cc1. The molecule has 3 heteroatoms. The van der Waals surface area contributed by atoms with Crippen molar-refractivity contribution in [1.82, 2.24) is 0 Å². The molecule has 1 aromatic carbocycles. The third-order valence-electron chi connectivity index (χ3n) is 3.22. The summed E-state index contributed by atoms with van der Waals surface area (Å²) < 4.78 is 10.7. The van der Waals surface area contributed by atoms with Crippen molar-refractivity contribution in [3.8, 4) is 0 Å². The van der Waals surface area contributed by atoms with Crippen molar-refractivity contribution in [3.05, 3.63) is 29.8 Å². The lowest BCUT2D eigenvalue weighted by Gasteiger charge is -2.02. The van der Waals surface area contributed by atoms with Crippen LogP contribution in [-0.2, 0) is 11.0 Å². The normalized spacial score (nSPS) is 11.6. The maximum atomic E-state index is 10.7. The maximum Gasteiger partial charge on any atom is 0.348 e. The van der Waals surface area contributed by atoms with Gasteiger partial charge in [0.1, 0.15) is 0 Å². The molecule has 2 nitrogen and oxygen atoms in total. The monoisotopic (exact) mass is 266 g/mol. The van der Waals surface area contributed by atoms with E-state index in [0.29, 0.717) is 5.30 Å². The Kier molecular flexibility index (Phi) is 7.88. The van der Waals surface area contributed by atoms with Gasteiger partial charge in [-0.1, -0.05) is 62.1 Å². The molecule has 1 unspecified atom stereocenters. The second-order valence-corrected chi connectivity index (χ2v) is 5.83. The first kappa shape index (κ1) is 15.3. The molecule has 18 heavy (non-hydrogen) atoms. The molecule has 100 valence electrons. The first-order valence-electron chi connectivity index (χ1n) is 6.97. The molecule has 0 saturated heterocycles. The minimum atomic E-state index is -2.43. The number of benzene rings is 1. The maximum absolute atomic E-state index is 10.7. The Labute approximate surface area is 111 Å². The first-order chi connectivity index (χ1) is 8.74. The number of rotatable bonds is 9. The fourth-order valence-corrected chi connectivity index (χ4v) is 2.46. The van der Waals surface area contributed by atoms with Gasteiger partial charge in [0, 0.05) is 0 Å². The minimum Gasteiger partial charge on any atom is -0.591 e. The molecule has 0 amide bonds. The van der Waals surface area contributed by atoms with Gasteiger partial charge in [-0.25, -0.2) is 0 Å². The minimum absolute atomic E-state index is 0.410. The lowest BCUT2D eigenvalue weighted by Crippen LogP contribution is -2.03. The average molecular weight is 266 g/mol. The molecule has 0 aliphatic carbocycles. The fourth-order valence-electron chi connectivity index (χ4n) is 2.07. The van der Waals surface area contributed by atoms with Gasteiger partial charge in [0.15, 0.2) is 5.30 Å². The molecule has 0 bridgehead atoms. The average Bonchev–Trinajstić information content (AvgIpc) is 2.38. The number of unbranched alkanes of at least 4 members (excludes halogenated alkanes) is 6. The van der Waals surface area contributed by atoms with E-state index in [1.165, 1.54) is 50.5 Å². The van der Waals surface area contributed by atoms with Gasteiger partial charge in [-0.2, -0.15) is 0 Å². The molecule has 0 radical (unpaired) electrons. The predicted molar refractivity (Wildman–Crippen MR) is 75.4 cm³/mol. The van der Waals surface area contributed by atoms with Crippen LogP contribution in [-0.4, -0.2) is 0 Å². The Morgan fingerprint density at radius 2 is 1.50 bits per heavy atom. The summed E-state index contributed by atoms with van der Waals surface area (Å²) in [6.07, 6.45) is 10.2. The molecule has 0 aliphatic heterocycles. The molecule has 0 fully saturated rings. The van der Waals surface area contributed by atoms with E-state index in [1.54, 1.807) is 12.1 Å². The predicted octanol–water partition coefficient (Wildman–Crippen LogP) is 3.71. The lowest BCUT2D eigenvalue weighted by atomic mass is 10.0. The molecule has 0 aromatic heterocycles. The van der Waals surface area contributed by atoms with Crippen LogP contribution in [0.25, 0.3) is 0 Å². The van der Waals surface area contributed by atoms with E-state index in [1.807, 2.05) is 12.1 Å².